The van der Waals surface area contributed by atoms with Crippen molar-refractivity contribution in [2.24, 2.45) is 0 Å². The third-order valence-corrected chi connectivity index (χ3v) is 5.75. The number of carbonyl (C=O) groups is 1. The van der Waals surface area contributed by atoms with Gasteiger partial charge in [0.1, 0.15) is 5.82 Å². The lowest BCUT2D eigenvalue weighted by molar-refractivity contribution is 0.102. The lowest BCUT2D eigenvalue weighted by Gasteiger charge is -2.19. The SMILES string of the molecule is [B]N(C)c1cccc(-n2c(NC(=O)c3cccc(C(C)(P)P)c3)nc3cc(F)ccc32)c1. The third-order valence-electron chi connectivity index (χ3n) is 5.08. The molecule has 0 bridgehead atoms. The molecule has 1 aromatic heterocycles. The Morgan fingerprint density at radius 1 is 1.12 bits per heavy atom. The Morgan fingerprint density at radius 2 is 1.88 bits per heavy atom. The molecule has 4 rings (SSSR count). The molecule has 32 heavy (non-hydrogen) atoms. The van der Waals surface area contributed by atoms with Gasteiger partial charge in [0.25, 0.3) is 5.91 Å². The van der Waals surface area contributed by atoms with Crippen LogP contribution in [-0.4, -0.2) is 30.5 Å². The molecule has 2 unspecified atom stereocenters. The predicted molar refractivity (Wildman–Crippen MR) is 136 cm³/mol. The zero-order valence-electron chi connectivity index (χ0n) is 17.7. The average molecular weight is 462 g/mol. The standard InChI is InChI=1S/C23H22BFN4OP2/c1-23(31,32)15-6-3-5-14(11-15)21(30)27-22-26-19-12-16(25)9-10-20(19)29(22)18-8-4-7-17(13-18)28(2)24/h3-13H,31-32H2,1-2H3,(H,26,27,30). The van der Waals surface area contributed by atoms with Gasteiger partial charge in [0.15, 0.2) is 0 Å². The second-order valence-electron chi connectivity index (χ2n) is 7.85. The Balaban J connectivity index is 1.80. The van der Waals surface area contributed by atoms with E-state index in [1.54, 1.807) is 23.7 Å². The van der Waals surface area contributed by atoms with E-state index in [0.29, 0.717) is 16.6 Å². The highest BCUT2D eigenvalue weighted by Gasteiger charge is 2.19. The molecule has 0 aliphatic rings. The molecule has 160 valence electrons. The van der Waals surface area contributed by atoms with Crippen LogP contribution < -0.4 is 10.1 Å². The quantitative estimate of drug-likeness (QED) is 0.341. The number of hydrogen-bond donors (Lipinski definition) is 1. The van der Waals surface area contributed by atoms with Gasteiger partial charge in [-0.2, -0.15) is 0 Å². The number of imidazole rings is 1. The lowest BCUT2D eigenvalue weighted by Crippen LogP contribution is -2.17. The fourth-order valence-electron chi connectivity index (χ4n) is 3.42. The minimum Gasteiger partial charge on any atom is -0.427 e. The van der Waals surface area contributed by atoms with E-state index in [0.717, 1.165) is 16.9 Å². The first kappa shape index (κ1) is 22.4. The van der Waals surface area contributed by atoms with Gasteiger partial charge in [-0.05, 0) is 62.0 Å². The Labute approximate surface area is 192 Å². The monoisotopic (exact) mass is 462 g/mol. The molecule has 5 nitrogen and oxygen atoms in total. The van der Waals surface area contributed by atoms with Gasteiger partial charge in [-0.25, -0.2) is 9.37 Å². The molecule has 9 heteroatoms. The molecule has 2 atom stereocenters. The smallest absolute Gasteiger partial charge is 0.257 e. The first-order valence-electron chi connectivity index (χ1n) is 9.90. The zero-order valence-corrected chi connectivity index (χ0v) is 20.0. The van der Waals surface area contributed by atoms with E-state index in [9.17, 15) is 9.18 Å². The van der Waals surface area contributed by atoms with Gasteiger partial charge in [-0.3, -0.25) is 14.7 Å². The number of hydrogen-bond acceptors (Lipinski definition) is 3. The van der Waals surface area contributed by atoms with Crippen LogP contribution in [0, 0.1) is 5.82 Å². The van der Waals surface area contributed by atoms with Crippen LogP contribution in [0.4, 0.5) is 16.0 Å². The van der Waals surface area contributed by atoms with E-state index in [2.05, 4.69) is 28.8 Å². The van der Waals surface area contributed by atoms with Gasteiger partial charge in [0.2, 0.25) is 13.9 Å². The molecular weight excluding hydrogens is 440 g/mol. The van der Waals surface area contributed by atoms with Gasteiger partial charge in [-0.15, -0.1) is 18.5 Å². The fraction of sp³-hybridized carbons (Fsp3) is 0.130. The Kier molecular flexibility index (Phi) is 6.07. The summed E-state index contributed by atoms with van der Waals surface area (Å²) in [5.74, 6) is -0.420. The van der Waals surface area contributed by atoms with E-state index in [4.69, 9.17) is 7.98 Å². The van der Waals surface area contributed by atoms with Crippen molar-refractivity contribution in [2.45, 2.75) is 11.8 Å². The summed E-state index contributed by atoms with van der Waals surface area (Å²) in [7, 11) is 13.1. The van der Waals surface area contributed by atoms with Crippen molar-refractivity contribution >= 4 is 55.0 Å². The number of benzene rings is 3. The first-order chi connectivity index (χ1) is 15.1. The Morgan fingerprint density at radius 3 is 2.59 bits per heavy atom. The maximum atomic E-state index is 13.9. The van der Waals surface area contributed by atoms with E-state index in [1.165, 1.54) is 16.9 Å². The largest absolute Gasteiger partial charge is 0.427 e. The molecule has 0 saturated heterocycles. The Bertz CT molecular complexity index is 1320. The van der Waals surface area contributed by atoms with E-state index < -0.39 is 5.82 Å². The molecule has 3 aromatic carbocycles. The van der Waals surface area contributed by atoms with Crippen LogP contribution in [0.1, 0.15) is 22.8 Å². The number of halogens is 1. The maximum Gasteiger partial charge on any atom is 0.257 e. The summed E-state index contributed by atoms with van der Waals surface area (Å²) in [5.41, 5.74) is 4.09. The van der Waals surface area contributed by atoms with Crippen LogP contribution in [0.2, 0.25) is 0 Å². The summed E-state index contributed by atoms with van der Waals surface area (Å²) < 4.78 is 15.6. The fourth-order valence-corrected chi connectivity index (χ4v) is 3.78. The van der Waals surface area contributed by atoms with Crippen molar-refractivity contribution in [3.05, 3.63) is 83.7 Å². The second-order valence-corrected chi connectivity index (χ2v) is 10.9. The second kappa shape index (κ2) is 8.65. The molecular formula is C23H22BFN4OP2. The molecule has 0 aliphatic carbocycles. The van der Waals surface area contributed by atoms with Crippen molar-refractivity contribution in [1.29, 1.82) is 0 Å². The molecule has 0 aliphatic heterocycles. The Hall–Kier alpha value is -2.75. The normalized spacial score (nSPS) is 11.5. The summed E-state index contributed by atoms with van der Waals surface area (Å²) in [6.45, 7) is 2.02. The third kappa shape index (κ3) is 4.55. The summed E-state index contributed by atoms with van der Waals surface area (Å²) in [4.78, 5) is 18.9. The molecule has 0 saturated carbocycles. The van der Waals surface area contributed by atoms with Crippen molar-refractivity contribution in [3.63, 3.8) is 0 Å². The highest BCUT2D eigenvalue weighted by molar-refractivity contribution is 7.38. The number of fused-ring (bicyclic) bond motifs is 1. The molecule has 0 spiro atoms. The molecule has 4 aromatic rings. The topological polar surface area (TPSA) is 50.2 Å². The van der Waals surface area contributed by atoms with Gasteiger partial charge in [0, 0.05) is 22.2 Å². The van der Waals surface area contributed by atoms with E-state index >= 15 is 0 Å². The number of aromatic nitrogens is 2. The van der Waals surface area contributed by atoms with E-state index in [-0.39, 0.29) is 16.8 Å². The predicted octanol–water partition coefficient (Wildman–Crippen LogP) is 4.86. The van der Waals surface area contributed by atoms with Crippen molar-refractivity contribution < 1.29 is 9.18 Å². The van der Waals surface area contributed by atoms with Crippen LogP contribution in [-0.2, 0) is 4.90 Å². The maximum absolute atomic E-state index is 13.9. The number of rotatable bonds is 5. The van der Waals surface area contributed by atoms with Crippen molar-refractivity contribution in [1.82, 2.24) is 9.55 Å². The van der Waals surface area contributed by atoms with Crippen molar-refractivity contribution in [2.75, 3.05) is 17.2 Å². The van der Waals surface area contributed by atoms with Gasteiger partial charge < -0.3 is 4.81 Å². The number of nitrogens with zero attached hydrogens (tertiary/aromatic N) is 3. The minimum absolute atomic E-state index is 0.254. The van der Waals surface area contributed by atoms with Gasteiger partial charge in [-0.1, -0.05) is 18.2 Å². The highest BCUT2D eigenvalue weighted by atomic mass is 31.1. The molecule has 1 amide bonds. The van der Waals surface area contributed by atoms with Gasteiger partial charge in [0.05, 0.1) is 16.7 Å². The molecule has 0 fully saturated rings. The number of nitrogens with one attached hydrogen (secondary N) is 1. The van der Waals surface area contributed by atoms with Crippen LogP contribution in [0.15, 0.2) is 66.7 Å². The van der Waals surface area contributed by atoms with Crippen LogP contribution in [0.25, 0.3) is 16.7 Å². The summed E-state index contributed by atoms with van der Waals surface area (Å²) in [6, 6.07) is 19.2. The average Bonchev–Trinajstić information content (AvgIpc) is 3.10. The van der Waals surface area contributed by atoms with E-state index in [1.807, 2.05) is 49.4 Å². The van der Waals surface area contributed by atoms with Gasteiger partial charge >= 0.3 is 0 Å². The number of anilines is 2. The summed E-state index contributed by atoms with van der Waals surface area (Å²) >= 11 is 0. The van der Waals surface area contributed by atoms with Crippen LogP contribution in [0.3, 0.4) is 0 Å². The van der Waals surface area contributed by atoms with Crippen LogP contribution in [0.5, 0.6) is 0 Å². The van der Waals surface area contributed by atoms with Crippen molar-refractivity contribution in [3.8, 4) is 5.69 Å². The summed E-state index contributed by atoms with van der Waals surface area (Å²) in [5, 5.41) is 2.89. The molecule has 2 radical (unpaired) electrons. The first-order valence-corrected chi connectivity index (χ1v) is 11.1. The highest BCUT2D eigenvalue weighted by Crippen LogP contribution is 2.38. The van der Waals surface area contributed by atoms with Crippen LogP contribution >= 0.6 is 18.5 Å². The molecule has 1 heterocycles. The summed E-state index contributed by atoms with van der Waals surface area (Å²) in [6.07, 6.45) is 0. The minimum atomic E-state index is -0.400. The number of carbonyl (C=O) groups excluding carboxylic acids is 1. The lowest BCUT2D eigenvalue weighted by atomic mass is 10.1. The molecule has 1 N–H and O–H groups in total. The zero-order chi connectivity index (χ0) is 23.0. The number of amides is 1.